The quantitative estimate of drug-likeness (QED) is 0.258. The monoisotopic (exact) mass is 606 g/mol. The lowest BCUT2D eigenvalue weighted by atomic mass is 9.48. The van der Waals surface area contributed by atoms with Crippen LogP contribution in [-0.4, -0.2) is 7.11 Å². The molecule has 0 spiro atoms. The highest BCUT2D eigenvalue weighted by Gasteiger charge is 2.50. The Morgan fingerprint density at radius 2 is 1.68 bits per heavy atom. The van der Waals surface area contributed by atoms with Gasteiger partial charge in [-0.15, -0.1) is 0 Å². The fourth-order valence-electron chi connectivity index (χ4n) is 7.19. The van der Waals surface area contributed by atoms with Crippen LogP contribution in [0.5, 0.6) is 5.75 Å². The fraction of sp³-hybridized carbons (Fsp3) is 0.760. The summed E-state index contributed by atoms with van der Waals surface area (Å²) in [7, 11) is 1.79. The van der Waals surface area contributed by atoms with Gasteiger partial charge in [-0.2, -0.15) is 0 Å². The molecular formula is C25H36I2O. The lowest BCUT2D eigenvalue weighted by molar-refractivity contribution is -0.0602. The molecular weight excluding hydrogens is 570 g/mol. The summed E-state index contributed by atoms with van der Waals surface area (Å²) in [6.45, 7) is 2.42. The number of methoxy groups -OCH3 is 1. The van der Waals surface area contributed by atoms with Gasteiger partial charge in [0.05, 0.1) is 14.3 Å². The van der Waals surface area contributed by atoms with Gasteiger partial charge in [0.15, 0.2) is 0 Å². The van der Waals surface area contributed by atoms with E-state index in [0.29, 0.717) is 0 Å². The molecule has 4 saturated carbocycles. The van der Waals surface area contributed by atoms with Crippen LogP contribution in [-0.2, 0) is 6.42 Å². The summed E-state index contributed by atoms with van der Waals surface area (Å²) in [5, 5.41) is 0. The van der Waals surface area contributed by atoms with Crippen LogP contribution in [0.25, 0.3) is 0 Å². The first-order valence-electron chi connectivity index (χ1n) is 11.5. The van der Waals surface area contributed by atoms with E-state index in [4.69, 9.17) is 4.74 Å². The molecule has 0 saturated heterocycles. The Morgan fingerprint density at radius 3 is 2.25 bits per heavy atom. The minimum absolute atomic E-state index is 0.765. The molecule has 1 aromatic carbocycles. The molecule has 156 valence electrons. The zero-order valence-electron chi connectivity index (χ0n) is 17.6. The predicted molar refractivity (Wildman–Crippen MR) is 135 cm³/mol. The van der Waals surface area contributed by atoms with Crippen molar-refractivity contribution in [2.75, 3.05) is 7.11 Å². The molecule has 0 aliphatic heterocycles. The summed E-state index contributed by atoms with van der Waals surface area (Å²) in [6.07, 6.45) is 17.8. The fourth-order valence-corrected chi connectivity index (χ4v) is 9.34. The molecule has 1 atom stereocenters. The minimum atomic E-state index is 0.765. The minimum Gasteiger partial charge on any atom is -0.495 e. The van der Waals surface area contributed by atoms with Crippen molar-refractivity contribution >= 4 is 45.2 Å². The van der Waals surface area contributed by atoms with Gasteiger partial charge in [0.25, 0.3) is 0 Å². The second kappa shape index (κ2) is 9.32. The van der Waals surface area contributed by atoms with E-state index in [1.165, 1.54) is 51.2 Å². The highest BCUT2D eigenvalue weighted by molar-refractivity contribution is 14.1. The highest BCUT2D eigenvalue weighted by Crippen LogP contribution is 2.61. The van der Waals surface area contributed by atoms with Crippen molar-refractivity contribution in [2.24, 2.45) is 29.1 Å². The molecule has 1 aromatic rings. The Kier molecular flexibility index (Phi) is 7.22. The van der Waals surface area contributed by atoms with Gasteiger partial charge >= 0.3 is 0 Å². The first-order chi connectivity index (χ1) is 13.5. The van der Waals surface area contributed by atoms with Crippen LogP contribution in [0, 0.1) is 36.2 Å². The third-order valence-electron chi connectivity index (χ3n) is 8.22. The topological polar surface area (TPSA) is 9.23 Å². The number of halogens is 2. The number of ether oxygens (including phenoxy) is 1. The van der Waals surface area contributed by atoms with Crippen LogP contribution in [0.1, 0.15) is 83.1 Å². The number of hydrogen-bond acceptors (Lipinski definition) is 1. The molecule has 0 heterocycles. The molecule has 0 amide bonds. The second-order valence-corrected chi connectivity index (χ2v) is 12.4. The average Bonchev–Trinajstić information content (AvgIpc) is 2.65. The first kappa shape index (κ1) is 21.7. The highest BCUT2D eigenvalue weighted by atomic mass is 127. The third-order valence-corrected chi connectivity index (χ3v) is 10.2. The van der Waals surface area contributed by atoms with E-state index in [0.717, 1.165) is 34.8 Å². The summed E-state index contributed by atoms with van der Waals surface area (Å²) < 4.78 is 8.14. The summed E-state index contributed by atoms with van der Waals surface area (Å²) in [4.78, 5) is 0. The zero-order valence-corrected chi connectivity index (χ0v) is 21.9. The van der Waals surface area contributed by atoms with E-state index in [2.05, 4.69) is 64.2 Å². The third kappa shape index (κ3) is 4.70. The average molecular weight is 606 g/mol. The lowest BCUT2D eigenvalue weighted by Crippen LogP contribution is -2.46. The Morgan fingerprint density at radius 1 is 1.04 bits per heavy atom. The summed E-state index contributed by atoms with van der Waals surface area (Å²) in [5.41, 5.74) is 2.23. The largest absolute Gasteiger partial charge is 0.495 e. The summed E-state index contributed by atoms with van der Waals surface area (Å²) in [6, 6.07) is 4.52. The molecule has 0 N–H and O–H groups in total. The van der Waals surface area contributed by atoms with Crippen molar-refractivity contribution in [3.8, 4) is 5.75 Å². The Bertz CT molecular complexity index is 648. The van der Waals surface area contributed by atoms with Crippen molar-refractivity contribution in [3.05, 3.63) is 24.8 Å². The number of rotatable bonds is 9. The van der Waals surface area contributed by atoms with Crippen molar-refractivity contribution in [2.45, 2.75) is 84.0 Å². The maximum Gasteiger partial charge on any atom is 0.145 e. The van der Waals surface area contributed by atoms with E-state index in [9.17, 15) is 0 Å². The smallest absolute Gasteiger partial charge is 0.145 e. The molecule has 4 aliphatic carbocycles. The van der Waals surface area contributed by atoms with E-state index < -0.39 is 0 Å². The predicted octanol–water partition coefficient (Wildman–Crippen LogP) is 8.25. The van der Waals surface area contributed by atoms with Gasteiger partial charge in [-0.3, -0.25) is 0 Å². The Labute approximate surface area is 199 Å². The molecule has 0 aromatic heterocycles. The maximum absolute atomic E-state index is 5.61. The van der Waals surface area contributed by atoms with Gasteiger partial charge in [0.2, 0.25) is 0 Å². The summed E-state index contributed by atoms with van der Waals surface area (Å²) >= 11 is 4.84. The van der Waals surface area contributed by atoms with Crippen LogP contribution in [0.4, 0.5) is 0 Å². The molecule has 1 unspecified atom stereocenters. The maximum atomic E-state index is 5.61. The Balaban J connectivity index is 1.28. The lowest BCUT2D eigenvalue weighted by Gasteiger charge is -2.57. The number of hydrogen-bond donors (Lipinski definition) is 0. The van der Waals surface area contributed by atoms with Crippen molar-refractivity contribution in [3.63, 3.8) is 0 Å². The van der Waals surface area contributed by atoms with Crippen LogP contribution in [0.15, 0.2) is 12.1 Å². The van der Waals surface area contributed by atoms with Gasteiger partial charge in [-0.05, 0) is 150 Å². The molecule has 4 fully saturated rings. The van der Waals surface area contributed by atoms with Crippen LogP contribution in [0.3, 0.4) is 0 Å². The standard InChI is InChI=1S/C25H36I2O/c1-3-17(5-4-6-21-7-8-22(26)24(28-2)23(21)27)9-10-25-14-18-11-19(15-25)13-20(12-18)16-25/h7-8,17-20H,3-6,9-16H2,1-2H3. The molecule has 28 heavy (non-hydrogen) atoms. The molecule has 3 heteroatoms. The number of benzene rings is 1. The van der Waals surface area contributed by atoms with Crippen LogP contribution in [0.2, 0.25) is 0 Å². The van der Waals surface area contributed by atoms with E-state index >= 15 is 0 Å². The molecule has 5 rings (SSSR count). The SMILES string of the molecule is CCC(CCCc1ccc(I)c(OC)c1I)CCC12CC3CC(CC(C3)C1)C2. The van der Waals surface area contributed by atoms with Gasteiger partial charge in [-0.25, -0.2) is 0 Å². The van der Waals surface area contributed by atoms with Crippen LogP contribution < -0.4 is 4.74 Å². The normalized spacial score (nSPS) is 31.9. The van der Waals surface area contributed by atoms with Crippen molar-refractivity contribution < 1.29 is 4.74 Å². The van der Waals surface area contributed by atoms with Crippen molar-refractivity contribution in [1.82, 2.24) is 0 Å². The van der Waals surface area contributed by atoms with Gasteiger partial charge < -0.3 is 4.74 Å². The second-order valence-electron chi connectivity index (χ2n) is 10.2. The molecule has 1 nitrogen and oxygen atoms in total. The Hall–Kier alpha value is 0.480. The van der Waals surface area contributed by atoms with E-state index in [-0.39, 0.29) is 0 Å². The summed E-state index contributed by atoms with van der Waals surface area (Å²) in [5.74, 6) is 5.29. The van der Waals surface area contributed by atoms with Crippen molar-refractivity contribution in [1.29, 1.82) is 0 Å². The van der Waals surface area contributed by atoms with E-state index in [1.807, 2.05) is 0 Å². The first-order valence-corrected chi connectivity index (χ1v) is 13.7. The van der Waals surface area contributed by atoms with E-state index in [1.54, 1.807) is 45.6 Å². The molecule has 4 aliphatic rings. The zero-order chi connectivity index (χ0) is 19.7. The molecule has 0 radical (unpaired) electrons. The number of aryl methyl sites for hydroxylation is 1. The van der Waals surface area contributed by atoms with Gasteiger partial charge in [-0.1, -0.05) is 25.8 Å². The van der Waals surface area contributed by atoms with Crippen LogP contribution >= 0.6 is 45.2 Å². The van der Waals surface area contributed by atoms with Gasteiger partial charge in [0, 0.05) is 0 Å². The van der Waals surface area contributed by atoms with Gasteiger partial charge in [0.1, 0.15) is 5.75 Å². The molecule has 4 bridgehead atoms.